The van der Waals surface area contributed by atoms with Crippen molar-refractivity contribution in [1.29, 1.82) is 0 Å². The van der Waals surface area contributed by atoms with Gasteiger partial charge in [-0.15, -0.1) is 0 Å². The number of rotatable bonds is 9. The number of ether oxygens (including phenoxy) is 3. The number of aromatic hydroxyl groups is 1. The molecule has 0 saturated heterocycles. The summed E-state index contributed by atoms with van der Waals surface area (Å²) in [7, 11) is 1.59. The highest BCUT2D eigenvalue weighted by molar-refractivity contribution is 5.75. The molecule has 1 unspecified atom stereocenters. The fourth-order valence-corrected chi connectivity index (χ4v) is 1.52. The Morgan fingerprint density at radius 2 is 1.85 bits per heavy atom. The van der Waals surface area contributed by atoms with Gasteiger partial charge in [0.05, 0.1) is 19.8 Å². The summed E-state index contributed by atoms with van der Waals surface area (Å²) < 4.78 is 15.0. The van der Waals surface area contributed by atoms with Crippen LogP contribution in [-0.2, 0) is 25.4 Å². The minimum absolute atomic E-state index is 0.172. The molecule has 1 aromatic carbocycles. The molecule has 6 heteroatoms. The maximum Gasteiger partial charge on any atom is 0.323 e. The van der Waals surface area contributed by atoms with Gasteiger partial charge in [-0.05, 0) is 24.1 Å². The molecule has 1 aromatic rings. The van der Waals surface area contributed by atoms with Gasteiger partial charge in [-0.3, -0.25) is 4.79 Å². The zero-order chi connectivity index (χ0) is 14.8. The molecule has 0 fully saturated rings. The predicted octanol–water partition coefficient (Wildman–Crippen LogP) is 0.468. The molecule has 1 atom stereocenters. The monoisotopic (exact) mass is 283 g/mol. The highest BCUT2D eigenvalue weighted by Crippen LogP contribution is 2.11. The third-order valence-electron chi connectivity index (χ3n) is 2.60. The van der Waals surface area contributed by atoms with E-state index >= 15 is 0 Å². The number of hydrogen-bond acceptors (Lipinski definition) is 6. The van der Waals surface area contributed by atoms with Crippen molar-refractivity contribution in [2.45, 2.75) is 12.5 Å². The van der Waals surface area contributed by atoms with Gasteiger partial charge in [0.1, 0.15) is 18.4 Å². The average Bonchev–Trinajstić information content (AvgIpc) is 2.45. The van der Waals surface area contributed by atoms with Crippen LogP contribution in [0.2, 0.25) is 0 Å². The summed E-state index contributed by atoms with van der Waals surface area (Å²) in [5.41, 5.74) is 6.62. The fraction of sp³-hybridized carbons (Fsp3) is 0.500. The average molecular weight is 283 g/mol. The van der Waals surface area contributed by atoms with E-state index in [-0.39, 0.29) is 12.4 Å². The molecule has 6 nitrogen and oxygen atoms in total. The van der Waals surface area contributed by atoms with Gasteiger partial charge in [-0.2, -0.15) is 0 Å². The lowest BCUT2D eigenvalue weighted by atomic mass is 10.1. The normalized spacial score (nSPS) is 12.1. The van der Waals surface area contributed by atoms with Gasteiger partial charge in [-0.1, -0.05) is 12.1 Å². The van der Waals surface area contributed by atoms with Crippen molar-refractivity contribution in [3.8, 4) is 5.75 Å². The van der Waals surface area contributed by atoms with Gasteiger partial charge < -0.3 is 25.1 Å². The van der Waals surface area contributed by atoms with E-state index in [0.29, 0.717) is 26.2 Å². The molecule has 0 heterocycles. The van der Waals surface area contributed by atoms with Crippen LogP contribution >= 0.6 is 0 Å². The third kappa shape index (κ3) is 6.51. The molecule has 0 bridgehead atoms. The Kier molecular flexibility index (Phi) is 7.64. The van der Waals surface area contributed by atoms with Crippen molar-refractivity contribution in [1.82, 2.24) is 0 Å². The van der Waals surface area contributed by atoms with Crippen molar-refractivity contribution in [3.63, 3.8) is 0 Å². The zero-order valence-electron chi connectivity index (χ0n) is 11.6. The van der Waals surface area contributed by atoms with Crippen LogP contribution in [-0.4, -0.2) is 50.7 Å². The summed E-state index contributed by atoms with van der Waals surface area (Å²) in [4.78, 5) is 11.6. The number of methoxy groups -OCH3 is 1. The fourth-order valence-electron chi connectivity index (χ4n) is 1.52. The molecule has 1 rings (SSSR count). The van der Waals surface area contributed by atoms with Gasteiger partial charge in [0.15, 0.2) is 0 Å². The Hall–Kier alpha value is -1.63. The second kappa shape index (κ2) is 9.30. The standard InChI is InChI=1S/C14H21NO5/c1-18-6-7-19-8-9-20-14(17)13(15)10-11-2-4-12(16)5-3-11/h2-5,13,16H,6-10,15H2,1H3. The number of carbonyl (C=O) groups is 1. The molecule has 0 aromatic heterocycles. The summed E-state index contributed by atoms with van der Waals surface area (Å²) in [6.07, 6.45) is 0.365. The summed E-state index contributed by atoms with van der Waals surface area (Å²) in [6.45, 7) is 1.47. The molecule has 20 heavy (non-hydrogen) atoms. The smallest absolute Gasteiger partial charge is 0.323 e. The Morgan fingerprint density at radius 3 is 2.50 bits per heavy atom. The maximum atomic E-state index is 11.6. The first-order chi connectivity index (χ1) is 9.63. The largest absolute Gasteiger partial charge is 0.508 e. The molecule has 3 N–H and O–H groups in total. The van der Waals surface area contributed by atoms with Crippen LogP contribution in [0.15, 0.2) is 24.3 Å². The first kappa shape index (κ1) is 16.4. The number of carbonyl (C=O) groups excluding carboxylic acids is 1. The topological polar surface area (TPSA) is 91.0 Å². The number of phenols is 1. The Morgan fingerprint density at radius 1 is 1.20 bits per heavy atom. The van der Waals surface area contributed by atoms with Crippen molar-refractivity contribution < 1.29 is 24.1 Å². The third-order valence-corrected chi connectivity index (χ3v) is 2.60. The van der Waals surface area contributed by atoms with E-state index < -0.39 is 12.0 Å². The van der Waals surface area contributed by atoms with Crippen LogP contribution in [0.5, 0.6) is 5.75 Å². The van der Waals surface area contributed by atoms with Gasteiger partial charge in [0, 0.05) is 7.11 Å². The van der Waals surface area contributed by atoms with Crippen LogP contribution in [0.1, 0.15) is 5.56 Å². The van der Waals surface area contributed by atoms with Crippen molar-refractivity contribution >= 4 is 5.97 Å². The Bertz CT molecular complexity index is 393. The van der Waals surface area contributed by atoms with Crippen LogP contribution in [0.4, 0.5) is 0 Å². The van der Waals surface area contributed by atoms with E-state index in [4.69, 9.17) is 25.1 Å². The summed E-state index contributed by atoms with van der Waals surface area (Å²) >= 11 is 0. The first-order valence-electron chi connectivity index (χ1n) is 6.40. The summed E-state index contributed by atoms with van der Waals surface area (Å²) in [6, 6.07) is 5.82. The lowest BCUT2D eigenvalue weighted by molar-refractivity contribution is -0.146. The molecule has 0 spiro atoms. The van der Waals surface area contributed by atoms with Gasteiger partial charge in [0.25, 0.3) is 0 Å². The van der Waals surface area contributed by atoms with E-state index in [1.165, 1.54) is 0 Å². The SMILES string of the molecule is COCCOCCOC(=O)C(N)Cc1ccc(O)cc1. The number of hydrogen-bond donors (Lipinski definition) is 2. The Labute approximate surface area is 118 Å². The van der Waals surface area contributed by atoms with Gasteiger partial charge in [-0.25, -0.2) is 0 Å². The number of esters is 1. The highest BCUT2D eigenvalue weighted by atomic mass is 16.6. The van der Waals surface area contributed by atoms with E-state index in [1.807, 2.05) is 0 Å². The molecule has 112 valence electrons. The number of nitrogens with two attached hydrogens (primary N) is 1. The molecule has 0 radical (unpaired) electrons. The highest BCUT2D eigenvalue weighted by Gasteiger charge is 2.15. The quantitative estimate of drug-likeness (QED) is 0.505. The van der Waals surface area contributed by atoms with E-state index in [9.17, 15) is 4.79 Å². The van der Waals surface area contributed by atoms with Crippen LogP contribution in [0, 0.1) is 0 Å². The lowest BCUT2D eigenvalue weighted by Gasteiger charge is -2.12. The zero-order valence-corrected chi connectivity index (χ0v) is 11.6. The van der Waals surface area contributed by atoms with Gasteiger partial charge >= 0.3 is 5.97 Å². The van der Waals surface area contributed by atoms with E-state index in [1.54, 1.807) is 31.4 Å². The maximum absolute atomic E-state index is 11.6. The van der Waals surface area contributed by atoms with Crippen LogP contribution in [0.25, 0.3) is 0 Å². The minimum atomic E-state index is -0.724. The molecule has 0 saturated carbocycles. The predicted molar refractivity (Wildman–Crippen MR) is 73.4 cm³/mol. The number of phenolic OH excluding ortho intramolecular Hbond substituents is 1. The van der Waals surface area contributed by atoms with Crippen molar-refractivity contribution in [2.75, 3.05) is 33.5 Å². The van der Waals surface area contributed by atoms with E-state index in [0.717, 1.165) is 5.56 Å². The first-order valence-corrected chi connectivity index (χ1v) is 6.40. The minimum Gasteiger partial charge on any atom is -0.508 e. The summed E-state index contributed by atoms with van der Waals surface area (Å²) in [5, 5.41) is 9.16. The van der Waals surface area contributed by atoms with Gasteiger partial charge in [0.2, 0.25) is 0 Å². The molecule has 0 aliphatic carbocycles. The van der Waals surface area contributed by atoms with Crippen LogP contribution < -0.4 is 5.73 Å². The van der Waals surface area contributed by atoms with Crippen molar-refractivity contribution in [3.05, 3.63) is 29.8 Å². The summed E-state index contributed by atoms with van der Waals surface area (Å²) in [5.74, 6) is -0.286. The Balaban J connectivity index is 2.20. The van der Waals surface area contributed by atoms with Crippen molar-refractivity contribution in [2.24, 2.45) is 5.73 Å². The second-order valence-electron chi connectivity index (χ2n) is 4.25. The molecule has 0 amide bonds. The van der Waals surface area contributed by atoms with E-state index in [2.05, 4.69) is 0 Å². The lowest BCUT2D eigenvalue weighted by Crippen LogP contribution is -2.35. The molecule has 0 aliphatic heterocycles. The molecular formula is C14H21NO5. The molecular weight excluding hydrogens is 262 g/mol. The number of benzene rings is 1. The second-order valence-corrected chi connectivity index (χ2v) is 4.25. The molecule has 0 aliphatic rings. The van der Waals surface area contributed by atoms with Crippen LogP contribution in [0.3, 0.4) is 0 Å².